The number of nitrogens with one attached hydrogen (secondary N) is 1. The number of halogens is 1. The largest absolute Gasteiger partial charge is 0.493 e. The molecule has 0 heterocycles. The zero-order chi connectivity index (χ0) is 15.0. The molecule has 4 nitrogen and oxygen atoms in total. The third kappa shape index (κ3) is 8.80. The van der Waals surface area contributed by atoms with Gasteiger partial charge in [0.2, 0.25) is 0 Å². The number of para-hydroxylation sites is 1. The van der Waals surface area contributed by atoms with Crippen LogP contribution in [0.3, 0.4) is 0 Å². The van der Waals surface area contributed by atoms with Crippen molar-refractivity contribution in [3.63, 3.8) is 0 Å². The molecule has 120 valence electrons. The van der Waals surface area contributed by atoms with Crippen molar-refractivity contribution in [1.29, 1.82) is 0 Å². The predicted molar refractivity (Wildman–Crippen MR) is 100 cm³/mol. The molecule has 0 aromatic heterocycles. The highest BCUT2D eigenvalue weighted by atomic mass is 127. The van der Waals surface area contributed by atoms with E-state index in [9.17, 15) is 0 Å². The third-order valence-electron chi connectivity index (χ3n) is 2.66. The first-order valence-electron chi connectivity index (χ1n) is 7.23. The molecule has 0 saturated carbocycles. The number of guanidine groups is 1. The summed E-state index contributed by atoms with van der Waals surface area (Å²) in [5.74, 6) is 2.42. The molecule has 0 saturated heterocycles. The molecule has 3 N–H and O–H groups in total. The Balaban J connectivity index is 0.00000400. The molecule has 0 unspecified atom stereocenters. The molecule has 0 radical (unpaired) electrons. The quantitative estimate of drug-likeness (QED) is 0.415. The SMILES string of the molecule is CC(C)CNC(N)=NCc1ccccc1OCC(C)C.I. The first kappa shape index (κ1) is 20.0. The zero-order valence-electron chi connectivity index (χ0n) is 13.4. The highest BCUT2D eigenvalue weighted by Crippen LogP contribution is 2.19. The lowest BCUT2D eigenvalue weighted by molar-refractivity contribution is 0.268. The summed E-state index contributed by atoms with van der Waals surface area (Å²) >= 11 is 0. The van der Waals surface area contributed by atoms with Gasteiger partial charge in [-0.3, -0.25) is 0 Å². The van der Waals surface area contributed by atoms with E-state index in [-0.39, 0.29) is 24.0 Å². The van der Waals surface area contributed by atoms with Crippen LogP contribution >= 0.6 is 24.0 Å². The topological polar surface area (TPSA) is 59.6 Å². The summed E-state index contributed by atoms with van der Waals surface area (Å²) in [5, 5.41) is 3.11. The molecule has 0 bridgehead atoms. The molecule has 0 spiro atoms. The van der Waals surface area contributed by atoms with Crippen LogP contribution in [0.5, 0.6) is 5.75 Å². The van der Waals surface area contributed by atoms with Gasteiger partial charge in [0.25, 0.3) is 0 Å². The fraction of sp³-hybridized carbons (Fsp3) is 0.562. The van der Waals surface area contributed by atoms with Crippen molar-refractivity contribution in [2.75, 3.05) is 13.2 Å². The van der Waals surface area contributed by atoms with E-state index in [1.165, 1.54) is 0 Å². The second-order valence-corrected chi connectivity index (χ2v) is 5.79. The van der Waals surface area contributed by atoms with Crippen molar-refractivity contribution in [3.05, 3.63) is 29.8 Å². The van der Waals surface area contributed by atoms with Crippen molar-refractivity contribution in [2.45, 2.75) is 34.2 Å². The standard InChI is InChI=1S/C16H27N3O.HI/c1-12(2)9-18-16(17)19-10-14-7-5-6-8-15(14)20-11-13(3)4;/h5-8,12-13H,9-11H2,1-4H3,(H3,17,18,19);1H. The minimum atomic E-state index is 0. The normalized spacial score (nSPS) is 11.4. The Kier molecular flexibility index (Phi) is 10.2. The summed E-state index contributed by atoms with van der Waals surface area (Å²) in [5.41, 5.74) is 6.90. The van der Waals surface area contributed by atoms with Crippen LogP contribution in [0, 0.1) is 11.8 Å². The maximum Gasteiger partial charge on any atom is 0.188 e. The summed E-state index contributed by atoms with van der Waals surface area (Å²) in [6, 6.07) is 7.97. The monoisotopic (exact) mass is 405 g/mol. The minimum absolute atomic E-state index is 0. The molecule has 1 rings (SSSR count). The number of hydrogen-bond donors (Lipinski definition) is 2. The highest BCUT2D eigenvalue weighted by Gasteiger charge is 2.04. The van der Waals surface area contributed by atoms with Gasteiger partial charge in [0.05, 0.1) is 13.2 Å². The van der Waals surface area contributed by atoms with E-state index in [0.29, 0.717) is 30.9 Å². The van der Waals surface area contributed by atoms with Gasteiger partial charge in [0.1, 0.15) is 5.75 Å². The Bertz CT molecular complexity index is 433. The van der Waals surface area contributed by atoms with Gasteiger partial charge in [-0.25, -0.2) is 4.99 Å². The molecule has 0 aliphatic carbocycles. The number of ether oxygens (including phenoxy) is 1. The van der Waals surface area contributed by atoms with Gasteiger partial charge >= 0.3 is 0 Å². The number of hydrogen-bond acceptors (Lipinski definition) is 2. The van der Waals surface area contributed by atoms with E-state index in [2.05, 4.69) is 38.0 Å². The number of nitrogens with two attached hydrogens (primary N) is 1. The van der Waals surface area contributed by atoms with Crippen LogP contribution < -0.4 is 15.8 Å². The first-order valence-corrected chi connectivity index (χ1v) is 7.23. The van der Waals surface area contributed by atoms with Crippen molar-refractivity contribution in [1.82, 2.24) is 5.32 Å². The Morgan fingerprint density at radius 1 is 1.19 bits per heavy atom. The average Bonchev–Trinajstić information content (AvgIpc) is 2.41. The van der Waals surface area contributed by atoms with Gasteiger partial charge in [-0.15, -0.1) is 24.0 Å². The Morgan fingerprint density at radius 2 is 1.86 bits per heavy atom. The van der Waals surface area contributed by atoms with E-state index < -0.39 is 0 Å². The summed E-state index contributed by atoms with van der Waals surface area (Å²) in [7, 11) is 0. The van der Waals surface area contributed by atoms with Gasteiger partial charge < -0.3 is 15.8 Å². The van der Waals surface area contributed by atoms with Gasteiger partial charge in [-0.1, -0.05) is 45.9 Å². The molecule has 0 amide bonds. The van der Waals surface area contributed by atoms with Crippen LogP contribution in [0.15, 0.2) is 29.3 Å². The van der Waals surface area contributed by atoms with E-state index in [0.717, 1.165) is 17.9 Å². The Hall–Kier alpha value is -0.980. The Labute approximate surface area is 145 Å². The molecule has 21 heavy (non-hydrogen) atoms. The van der Waals surface area contributed by atoms with E-state index in [1.54, 1.807) is 0 Å². The lowest BCUT2D eigenvalue weighted by Gasteiger charge is -2.12. The maximum absolute atomic E-state index is 5.84. The second kappa shape index (κ2) is 10.7. The van der Waals surface area contributed by atoms with Gasteiger partial charge in [-0.05, 0) is 17.9 Å². The average molecular weight is 405 g/mol. The van der Waals surface area contributed by atoms with Crippen LogP contribution in [-0.4, -0.2) is 19.1 Å². The Morgan fingerprint density at radius 3 is 2.48 bits per heavy atom. The number of benzene rings is 1. The summed E-state index contributed by atoms with van der Waals surface area (Å²) in [6.45, 7) is 10.6. The molecule has 1 aromatic rings. The zero-order valence-corrected chi connectivity index (χ0v) is 15.8. The second-order valence-electron chi connectivity index (χ2n) is 5.79. The van der Waals surface area contributed by atoms with Gasteiger partial charge in [0.15, 0.2) is 5.96 Å². The number of nitrogens with zero attached hydrogens (tertiary/aromatic N) is 1. The van der Waals surface area contributed by atoms with Crippen molar-refractivity contribution in [3.8, 4) is 5.75 Å². The van der Waals surface area contributed by atoms with E-state index >= 15 is 0 Å². The van der Waals surface area contributed by atoms with Crippen LogP contribution in [0.4, 0.5) is 0 Å². The highest BCUT2D eigenvalue weighted by molar-refractivity contribution is 14.0. The summed E-state index contributed by atoms with van der Waals surface area (Å²) in [6.07, 6.45) is 0. The minimum Gasteiger partial charge on any atom is -0.493 e. The molecular weight excluding hydrogens is 377 g/mol. The van der Waals surface area contributed by atoms with Gasteiger partial charge in [0, 0.05) is 12.1 Å². The molecule has 0 atom stereocenters. The van der Waals surface area contributed by atoms with Crippen LogP contribution in [-0.2, 0) is 6.54 Å². The smallest absolute Gasteiger partial charge is 0.188 e. The van der Waals surface area contributed by atoms with Crippen molar-refractivity contribution in [2.24, 2.45) is 22.6 Å². The molecule has 0 aliphatic heterocycles. The lowest BCUT2D eigenvalue weighted by atomic mass is 10.2. The third-order valence-corrected chi connectivity index (χ3v) is 2.66. The fourth-order valence-corrected chi connectivity index (χ4v) is 1.57. The van der Waals surface area contributed by atoms with Crippen LogP contribution in [0.25, 0.3) is 0 Å². The maximum atomic E-state index is 5.84. The lowest BCUT2D eigenvalue weighted by Crippen LogP contribution is -2.34. The van der Waals surface area contributed by atoms with E-state index in [1.807, 2.05) is 24.3 Å². The summed E-state index contributed by atoms with van der Waals surface area (Å²) < 4.78 is 5.80. The molecule has 5 heteroatoms. The molecular formula is C16H28IN3O. The molecule has 0 fully saturated rings. The predicted octanol–water partition coefficient (Wildman–Crippen LogP) is 3.40. The number of aliphatic imine (C=N–C) groups is 1. The van der Waals surface area contributed by atoms with Crippen molar-refractivity contribution >= 4 is 29.9 Å². The number of rotatable bonds is 7. The van der Waals surface area contributed by atoms with Crippen LogP contribution in [0.1, 0.15) is 33.3 Å². The van der Waals surface area contributed by atoms with Crippen molar-refractivity contribution < 1.29 is 4.74 Å². The fourth-order valence-electron chi connectivity index (χ4n) is 1.57. The summed E-state index contributed by atoms with van der Waals surface area (Å²) in [4.78, 5) is 4.36. The molecule has 0 aliphatic rings. The van der Waals surface area contributed by atoms with Gasteiger partial charge in [-0.2, -0.15) is 0 Å². The van der Waals surface area contributed by atoms with E-state index in [4.69, 9.17) is 10.5 Å². The first-order chi connectivity index (χ1) is 9.49. The molecule has 1 aromatic carbocycles. The van der Waals surface area contributed by atoms with Crippen LogP contribution in [0.2, 0.25) is 0 Å².